The average Bonchev–Trinajstić information content (AvgIpc) is 2.63. The standard InChI is InChI=1S/C21H28O5S.K/c1-2-3-4-5-6-7-8-10-17-11-9-12-20(22)21(17)26-18-13-15-19(16-14-18)27(23,24)25;/h9,11-16,22H,2-8,10H2,1H3,(H,23,24,25);/q;+1/p-1. The molecule has 0 unspecified atom stereocenters. The fraction of sp³-hybridized carbons (Fsp3) is 0.429. The first-order chi connectivity index (χ1) is 12.9. The van der Waals surface area contributed by atoms with E-state index in [4.69, 9.17) is 9.29 Å². The van der Waals surface area contributed by atoms with Crippen molar-refractivity contribution < 1.29 is 74.2 Å². The molecule has 2 aromatic rings. The Morgan fingerprint density at radius 2 is 1.54 bits per heavy atom. The topological polar surface area (TPSA) is 86.7 Å². The SMILES string of the molecule is CCCCCCCCCc1cccc([O-])c1Oc1ccc(S(=O)(=O)O)cc1.[K+]. The fourth-order valence-electron chi connectivity index (χ4n) is 2.94. The van der Waals surface area contributed by atoms with Gasteiger partial charge in [-0.25, -0.2) is 0 Å². The van der Waals surface area contributed by atoms with Crippen molar-refractivity contribution in [2.45, 2.75) is 63.2 Å². The van der Waals surface area contributed by atoms with Gasteiger partial charge in [-0.2, -0.15) is 8.42 Å². The smallest absolute Gasteiger partial charge is 0.870 e. The third kappa shape index (κ3) is 8.53. The maximum atomic E-state index is 12.2. The van der Waals surface area contributed by atoms with E-state index in [9.17, 15) is 13.5 Å². The van der Waals surface area contributed by atoms with Crippen molar-refractivity contribution in [1.29, 1.82) is 0 Å². The van der Waals surface area contributed by atoms with Gasteiger partial charge in [0.1, 0.15) is 11.5 Å². The summed E-state index contributed by atoms with van der Waals surface area (Å²) in [5.74, 6) is 0.434. The molecule has 0 atom stereocenters. The predicted octanol–water partition coefficient (Wildman–Crippen LogP) is 2.10. The van der Waals surface area contributed by atoms with Crippen molar-refractivity contribution in [3.8, 4) is 17.2 Å². The quantitative estimate of drug-likeness (QED) is 0.335. The third-order valence-electron chi connectivity index (χ3n) is 4.45. The monoisotopic (exact) mass is 430 g/mol. The van der Waals surface area contributed by atoms with Crippen molar-refractivity contribution in [2.24, 2.45) is 0 Å². The molecule has 7 heteroatoms. The van der Waals surface area contributed by atoms with E-state index in [1.807, 2.05) is 6.07 Å². The zero-order valence-electron chi connectivity index (χ0n) is 16.7. The maximum absolute atomic E-state index is 12.2. The summed E-state index contributed by atoms with van der Waals surface area (Å²) in [5, 5.41) is 12.2. The molecule has 0 aromatic heterocycles. The second-order valence-electron chi connectivity index (χ2n) is 6.66. The van der Waals surface area contributed by atoms with Gasteiger partial charge in [-0.15, -0.1) is 0 Å². The summed E-state index contributed by atoms with van der Waals surface area (Å²) in [5.41, 5.74) is 0.856. The van der Waals surface area contributed by atoms with Gasteiger partial charge in [-0.1, -0.05) is 69.4 Å². The number of ether oxygens (including phenoxy) is 1. The van der Waals surface area contributed by atoms with Crippen LogP contribution in [0.25, 0.3) is 0 Å². The number of benzene rings is 2. The molecule has 0 saturated carbocycles. The minimum Gasteiger partial charge on any atom is -0.870 e. The van der Waals surface area contributed by atoms with Crippen LogP contribution in [0, 0.1) is 0 Å². The van der Waals surface area contributed by atoms with Crippen molar-refractivity contribution >= 4 is 10.1 Å². The zero-order chi connectivity index (χ0) is 19.7. The van der Waals surface area contributed by atoms with Gasteiger partial charge in [0, 0.05) is 0 Å². The fourth-order valence-corrected chi connectivity index (χ4v) is 3.42. The van der Waals surface area contributed by atoms with E-state index in [-0.39, 0.29) is 67.8 Å². The van der Waals surface area contributed by atoms with Gasteiger partial charge in [0.25, 0.3) is 10.1 Å². The summed E-state index contributed by atoms with van der Waals surface area (Å²) >= 11 is 0. The van der Waals surface area contributed by atoms with Crippen LogP contribution in [0.1, 0.15) is 57.4 Å². The van der Waals surface area contributed by atoms with E-state index in [0.717, 1.165) is 24.8 Å². The van der Waals surface area contributed by atoms with Crippen LogP contribution in [0.3, 0.4) is 0 Å². The van der Waals surface area contributed by atoms with Gasteiger partial charge in [-0.3, -0.25) is 4.55 Å². The van der Waals surface area contributed by atoms with E-state index in [2.05, 4.69) is 6.92 Å². The largest absolute Gasteiger partial charge is 1.00 e. The second kappa shape index (κ2) is 13.0. The molecule has 28 heavy (non-hydrogen) atoms. The van der Waals surface area contributed by atoms with Gasteiger partial charge in [0.15, 0.2) is 0 Å². The Hall–Kier alpha value is -0.414. The Bertz CT molecular complexity index is 819. The Morgan fingerprint density at radius 1 is 0.929 bits per heavy atom. The molecule has 2 aromatic carbocycles. The summed E-state index contributed by atoms with van der Waals surface area (Å²) in [6.07, 6.45) is 9.13. The normalized spacial score (nSPS) is 11.1. The first-order valence-corrected chi connectivity index (χ1v) is 10.9. The van der Waals surface area contributed by atoms with Gasteiger partial charge in [0.2, 0.25) is 0 Å². The van der Waals surface area contributed by atoms with Crippen LogP contribution >= 0.6 is 0 Å². The van der Waals surface area contributed by atoms with Crippen LogP contribution in [0.4, 0.5) is 0 Å². The molecule has 5 nitrogen and oxygen atoms in total. The number of para-hydroxylation sites is 1. The van der Waals surface area contributed by atoms with Crippen molar-refractivity contribution in [3.05, 3.63) is 48.0 Å². The van der Waals surface area contributed by atoms with Gasteiger partial charge in [-0.05, 0) is 42.7 Å². The predicted molar refractivity (Wildman–Crippen MR) is 104 cm³/mol. The molecule has 0 saturated heterocycles. The van der Waals surface area contributed by atoms with E-state index < -0.39 is 10.1 Å². The van der Waals surface area contributed by atoms with Crippen LogP contribution in [0.5, 0.6) is 17.2 Å². The number of hydrogen-bond acceptors (Lipinski definition) is 4. The van der Waals surface area contributed by atoms with Gasteiger partial charge < -0.3 is 9.84 Å². The van der Waals surface area contributed by atoms with Gasteiger partial charge in [0.05, 0.1) is 4.90 Å². The van der Waals surface area contributed by atoms with Crippen LogP contribution in [0.2, 0.25) is 0 Å². The molecule has 0 heterocycles. The molecular formula is C21H27KO5S. The minimum absolute atomic E-state index is 0. The summed E-state index contributed by atoms with van der Waals surface area (Å²) in [4.78, 5) is -0.214. The summed E-state index contributed by atoms with van der Waals surface area (Å²) < 4.78 is 37.0. The first kappa shape index (κ1) is 25.6. The van der Waals surface area contributed by atoms with Crippen molar-refractivity contribution in [2.75, 3.05) is 0 Å². The molecule has 0 aliphatic heterocycles. The number of aryl methyl sites for hydroxylation is 1. The average molecular weight is 431 g/mol. The molecule has 0 radical (unpaired) electrons. The maximum Gasteiger partial charge on any atom is 1.00 e. The molecule has 148 valence electrons. The number of rotatable bonds is 11. The molecule has 0 bridgehead atoms. The number of hydrogen-bond donors (Lipinski definition) is 1. The van der Waals surface area contributed by atoms with Crippen molar-refractivity contribution in [1.82, 2.24) is 0 Å². The molecule has 2 rings (SSSR count). The molecule has 1 N–H and O–H groups in total. The first-order valence-electron chi connectivity index (χ1n) is 9.46. The van der Waals surface area contributed by atoms with Crippen LogP contribution < -0.4 is 61.2 Å². The number of unbranched alkanes of at least 4 members (excludes halogenated alkanes) is 6. The Labute approximate surface area is 210 Å². The van der Waals surface area contributed by atoms with Crippen molar-refractivity contribution in [3.63, 3.8) is 0 Å². The summed E-state index contributed by atoms with van der Waals surface area (Å²) in [6.45, 7) is 2.20. The van der Waals surface area contributed by atoms with Gasteiger partial charge >= 0.3 is 51.4 Å². The molecule has 0 spiro atoms. The minimum atomic E-state index is -4.25. The molecule has 0 fully saturated rings. The second-order valence-corrected chi connectivity index (χ2v) is 8.09. The van der Waals surface area contributed by atoms with Crippen LogP contribution in [0.15, 0.2) is 47.4 Å². The molecular weight excluding hydrogens is 403 g/mol. The molecule has 0 aliphatic rings. The summed E-state index contributed by atoms with van der Waals surface area (Å²) in [7, 11) is -4.25. The zero-order valence-corrected chi connectivity index (χ0v) is 20.6. The Morgan fingerprint density at radius 3 is 2.14 bits per heavy atom. The van der Waals surface area contributed by atoms with Crippen LogP contribution in [-0.4, -0.2) is 13.0 Å². The van der Waals surface area contributed by atoms with E-state index >= 15 is 0 Å². The van der Waals surface area contributed by atoms with E-state index in [0.29, 0.717) is 5.75 Å². The van der Waals surface area contributed by atoms with Crippen LogP contribution in [-0.2, 0) is 16.5 Å². The van der Waals surface area contributed by atoms with E-state index in [1.165, 1.54) is 62.4 Å². The molecule has 0 amide bonds. The summed E-state index contributed by atoms with van der Waals surface area (Å²) in [6, 6.07) is 10.4. The molecule has 0 aliphatic carbocycles. The van der Waals surface area contributed by atoms with E-state index in [1.54, 1.807) is 6.07 Å². The Balaban J connectivity index is 0.00000392. The Kier molecular flexibility index (Phi) is 11.9. The third-order valence-corrected chi connectivity index (χ3v) is 5.32.